The van der Waals surface area contributed by atoms with Gasteiger partial charge >= 0.3 is 17.9 Å². The van der Waals surface area contributed by atoms with Crippen LogP contribution in [0.3, 0.4) is 0 Å². The van der Waals surface area contributed by atoms with E-state index in [9.17, 15) is 14.4 Å². The maximum atomic E-state index is 13.0. The Morgan fingerprint density at radius 1 is 0.241 bits per heavy atom. The Hall–Kier alpha value is -3.15. The summed E-state index contributed by atoms with van der Waals surface area (Å²) < 4.78 is 17.0. The summed E-state index contributed by atoms with van der Waals surface area (Å²) in [6.45, 7) is 6.65. The van der Waals surface area contributed by atoms with Crippen LogP contribution in [0.5, 0.6) is 0 Å². The van der Waals surface area contributed by atoms with Crippen LogP contribution >= 0.6 is 0 Å². The van der Waals surface area contributed by atoms with Gasteiger partial charge in [0.2, 0.25) is 0 Å². The van der Waals surface area contributed by atoms with Gasteiger partial charge in [-0.25, -0.2) is 0 Å². The highest BCUT2D eigenvalue weighted by Gasteiger charge is 2.19. The molecule has 0 aliphatic carbocycles. The van der Waals surface area contributed by atoms with Crippen LogP contribution in [0.2, 0.25) is 0 Å². The lowest BCUT2D eigenvalue weighted by atomic mass is 10.0. The van der Waals surface area contributed by atoms with E-state index in [1.165, 1.54) is 244 Å². The zero-order valence-electron chi connectivity index (χ0n) is 55.5. The molecule has 0 saturated heterocycles. The highest BCUT2D eigenvalue weighted by molar-refractivity contribution is 5.71. The molecule has 0 aromatic heterocycles. The Bertz CT molecular complexity index is 1520. The minimum atomic E-state index is -0.787. The minimum absolute atomic E-state index is 0.0804. The molecule has 1 unspecified atom stereocenters. The minimum Gasteiger partial charge on any atom is -0.462 e. The van der Waals surface area contributed by atoms with Gasteiger partial charge in [0.1, 0.15) is 13.2 Å². The van der Waals surface area contributed by atoms with Gasteiger partial charge in [0.05, 0.1) is 0 Å². The van der Waals surface area contributed by atoms with Gasteiger partial charge < -0.3 is 14.2 Å². The fourth-order valence-electron chi connectivity index (χ4n) is 10.7. The molecule has 0 bridgehead atoms. The van der Waals surface area contributed by atoms with Gasteiger partial charge in [-0.2, -0.15) is 0 Å². The van der Waals surface area contributed by atoms with E-state index < -0.39 is 6.10 Å². The maximum Gasteiger partial charge on any atom is 0.306 e. The molecular weight excluding hydrogens is 1020 g/mol. The predicted molar refractivity (Wildman–Crippen MR) is 362 cm³/mol. The van der Waals surface area contributed by atoms with Crippen molar-refractivity contribution in [2.75, 3.05) is 13.2 Å². The summed E-state index contributed by atoms with van der Waals surface area (Å²) in [5.41, 5.74) is 0. The van der Waals surface area contributed by atoms with E-state index in [-0.39, 0.29) is 31.1 Å². The van der Waals surface area contributed by atoms with Gasteiger partial charge in [-0.05, 0) is 116 Å². The average molecular weight is 1160 g/mol. The predicted octanol–water partition coefficient (Wildman–Crippen LogP) is 25.2. The van der Waals surface area contributed by atoms with Gasteiger partial charge in [-0.15, -0.1) is 0 Å². The Morgan fingerprint density at radius 2 is 0.434 bits per heavy atom. The van der Waals surface area contributed by atoms with Crippen molar-refractivity contribution in [1.82, 2.24) is 0 Å². The molecule has 0 spiro atoms. The molecule has 0 saturated carbocycles. The summed E-state index contributed by atoms with van der Waals surface area (Å²) in [6.07, 6.45) is 93.6. The summed E-state index contributed by atoms with van der Waals surface area (Å²) >= 11 is 0. The van der Waals surface area contributed by atoms with Gasteiger partial charge in [-0.1, -0.05) is 318 Å². The smallest absolute Gasteiger partial charge is 0.306 e. The van der Waals surface area contributed by atoms with Crippen molar-refractivity contribution in [2.45, 2.75) is 386 Å². The molecule has 0 aromatic rings. The molecule has 0 rings (SSSR count). The fourth-order valence-corrected chi connectivity index (χ4v) is 10.7. The Morgan fingerprint density at radius 3 is 0.687 bits per heavy atom. The second-order valence-corrected chi connectivity index (χ2v) is 24.5. The van der Waals surface area contributed by atoms with Crippen LogP contribution in [0, 0.1) is 0 Å². The third kappa shape index (κ3) is 69.5. The van der Waals surface area contributed by atoms with Crippen LogP contribution in [0.15, 0.2) is 72.9 Å². The fraction of sp³-hybridized carbons (Fsp3) is 0.805. The molecular formula is C77H138O6. The molecule has 6 nitrogen and oxygen atoms in total. The Kier molecular flexibility index (Phi) is 68.6. The van der Waals surface area contributed by atoms with Crippen molar-refractivity contribution in [1.29, 1.82) is 0 Å². The number of allylic oxidation sites excluding steroid dienone is 12. The first kappa shape index (κ1) is 79.8. The lowest BCUT2D eigenvalue weighted by Gasteiger charge is -2.18. The summed E-state index contributed by atoms with van der Waals surface area (Å²) in [5.74, 6) is -0.880. The number of hydrogen-bond acceptors (Lipinski definition) is 6. The quantitative estimate of drug-likeness (QED) is 0.0261. The number of esters is 3. The van der Waals surface area contributed by atoms with Gasteiger partial charge in [0.15, 0.2) is 6.10 Å². The molecule has 0 fully saturated rings. The normalized spacial score (nSPS) is 12.5. The first-order valence-electron chi connectivity index (χ1n) is 36.4. The molecule has 83 heavy (non-hydrogen) atoms. The molecule has 482 valence electrons. The SMILES string of the molecule is CCCCCCC/C=C\C/C=C\C/C=C\CCCCCCCCC(=O)OC(COC(=O)CCCCCCC/C=C\CCCCCCCC)COC(=O)CCCCCCCCCCCCCCCCCCC/C=C\C/C=C\CCCCCCC. The van der Waals surface area contributed by atoms with E-state index in [0.717, 1.165) is 96.3 Å². The van der Waals surface area contributed by atoms with E-state index in [1.807, 2.05) is 0 Å². The molecule has 0 aliphatic heterocycles. The Labute approximate surface area is 516 Å². The topological polar surface area (TPSA) is 78.9 Å². The van der Waals surface area contributed by atoms with E-state index in [2.05, 4.69) is 93.7 Å². The highest BCUT2D eigenvalue weighted by Crippen LogP contribution is 2.17. The molecule has 0 radical (unpaired) electrons. The molecule has 0 aliphatic rings. The van der Waals surface area contributed by atoms with Crippen LogP contribution in [-0.4, -0.2) is 37.2 Å². The molecule has 1 atom stereocenters. The number of unbranched alkanes of at least 4 members (excludes halogenated alkanes) is 44. The average Bonchev–Trinajstić information content (AvgIpc) is 3.49. The third-order valence-electron chi connectivity index (χ3n) is 16.2. The van der Waals surface area contributed by atoms with E-state index >= 15 is 0 Å². The van der Waals surface area contributed by atoms with Crippen LogP contribution in [-0.2, 0) is 28.6 Å². The largest absolute Gasteiger partial charge is 0.462 e. The van der Waals surface area contributed by atoms with Crippen molar-refractivity contribution in [3.63, 3.8) is 0 Å². The lowest BCUT2D eigenvalue weighted by Crippen LogP contribution is -2.30. The van der Waals surface area contributed by atoms with Crippen LogP contribution in [0.1, 0.15) is 380 Å². The standard InChI is InChI=1S/C77H138O6/c1-4-7-10-13-16-19-22-25-28-30-32-34-35-36-37-38-39-40-41-43-44-46-49-52-55-58-61-64-67-70-76(79)82-73-74(72-81-75(78)69-66-63-60-57-54-51-48-27-24-21-18-15-12-9-6-3)83-77(80)71-68-65-62-59-56-53-50-47-45-42-33-31-29-26-23-20-17-14-11-8-5-2/h22-23,25-27,30-33,45,47-48,74H,4-21,24,28-29,34-44,46,49-73H2,1-3H3/b25-22-,26-23-,32-30-,33-31-,47-45-,48-27-. The van der Waals surface area contributed by atoms with Crippen molar-refractivity contribution < 1.29 is 28.6 Å². The monoisotopic (exact) mass is 1160 g/mol. The first-order chi connectivity index (χ1) is 41.0. The molecule has 0 amide bonds. The van der Waals surface area contributed by atoms with E-state index in [1.54, 1.807) is 0 Å². The molecule has 0 N–H and O–H groups in total. The van der Waals surface area contributed by atoms with Crippen LogP contribution in [0.25, 0.3) is 0 Å². The second kappa shape index (κ2) is 71.3. The lowest BCUT2D eigenvalue weighted by molar-refractivity contribution is -0.167. The summed E-state index contributed by atoms with van der Waals surface area (Å²) in [5, 5.41) is 0. The van der Waals surface area contributed by atoms with Crippen LogP contribution in [0.4, 0.5) is 0 Å². The van der Waals surface area contributed by atoms with Gasteiger partial charge in [0, 0.05) is 19.3 Å². The summed E-state index contributed by atoms with van der Waals surface area (Å²) in [4.78, 5) is 38.5. The number of rotatable bonds is 67. The summed E-state index contributed by atoms with van der Waals surface area (Å²) in [6, 6.07) is 0. The van der Waals surface area contributed by atoms with Crippen LogP contribution < -0.4 is 0 Å². The highest BCUT2D eigenvalue weighted by atomic mass is 16.6. The molecule has 0 heterocycles. The van der Waals surface area contributed by atoms with E-state index in [0.29, 0.717) is 19.3 Å². The first-order valence-corrected chi connectivity index (χ1v) is 36.4. The zero-order chi connectivity index (χ0) is 59.9. The van der Waals surface area contributed by atoms with Crippen molar-refractivity contribution >= 4 is 17.9 Å². The van der Waals surface area contributed by atoms with Gasteiger partial charge in [0.25, 0.3) is 0 Å². The summed E-state index contributed by atoms with van der Waals surface area (Å²) in [7, 11) is 0. The van der Waals surface area contributed by atoms with Gasteiger partial charge in [-0.3, -0.25) is 14.4 Å². The third-order valence-corrected chi connectivity index (χ3v) is 16.2. The molecule has 0 aromatic carbocycles. The van der Waals surface area contributed by atoms with Crippen molar-refractivity contribution in [3.8, 4) is 0 Å². The van der Waals surface area contributed by atoms with Crippen molar-refractivity contribution in [2.24, 2.45) is 0 Å². The number of hydrogen-bond donors (Lipinski definition) is 0. The van der Waals surface area contributed by atoms with Crippen molar-refractivity contribution in [3.05, 3.63) is 72.9 Å². The molecule has 6 heteroatoms. The Balaban J connectivity index is 4.28. The number of ether oxygens (including phenoxy) is 3. The van der Waals surface area contributed by atoms with E-state index in [4.69, 9.17) is 14.2 Å². The number of carbonyl (C=O) groups excluding carboxylic acids is 3. The maximum absolute atomic E-state index is 13.0. The zero-order valence-corrected chi connectivity index (χ0v) is 55.5. The number of carbonyl (C=O) groups is 3. The second-order valence-electron chi connectivity index (χ2n) is 24.5.